The second kappa shape index (κ2) is 38.9. The number of esters is 1. The lowest BCUT2D eigenvalue weighted by molar-refractivity contribution is -0.136. The molecule has 0 saturated carbocycles. The zero-order valence-electron chi connectivity index (χ0n) is 48.5. The molecule has 5 unspecified atom stereocenters. The molecular formula is C69H96N2O8. The standard InChI is InChI=1S/C17H22O3.C16H22O2.C16H22O.C11H16N2O.C9H14O/c1-19-17(18)16-9-5-8-14(12-16)10-11-20-13-15-6-3-2-4-7-15;17-12-16-8-4-7-14(11-16)9-10-18-13-15-5-2-1-3-6-15;1-14-6-5-9-15(12-14)10-11-17-13-16-7-3-2-4-8-16;1-8-3-2-4-9(5-8)6-10-7-12-11(14)13-10;1-8-3-2-4-9(7-8)5-6-10/h2-4,6-7,9,14H,5,8,10-13H2,1H3;1-3,5-6,8,14,17H,4,7,9-13H2;2-4,6-8,15H,5,9-13H2,1H3;3,7,9H,2,4-6H2,1H3,(H2,12,13,14);3,6,9H,2,4-5,7H2,1H3. The molecule has 0 radical (unpaired) electrons. The Bertz CT molecular complexity index is 2500. The first-order chi connectivity index (χ1) is 38.6. The molecule has 79 heavy (non-hydrogen) atoms. The monoisotopic (exact) mass is 1080 g/mol. The van der Waals surface area contributed by atoms with Crippen LogP contribution in [0, 0.1) is 29.6 Å². The number of aliphatic hydroxyl groups excluding tert-OH is 1. The third-order valence-corrected chi connectivity index (χ3v) is 15.7. The molecule has 10 heteroatoms. The summed E-state index contributed by atoms with van der Waals surface area (Å²) in [4.78, 5) is 38.0. The maximum Gasteiger partial charge on any atom is 0.333 e. The SMILES string of the molecule is CC1=CCCC(CC=O)C1.CC1=CCCC(CCOCc2ccccc2)C1.CC1=CCCC(Cc2c[nH]c(=O)[nH]2)C1.COC(=O)C1=CCCC(CCOCc2ccccc2)C1.OCC1=CCCC(CCOCc2ccccc2)C1. The topological polar surface area (TPSA) is 140 Å². The maximum atomic E-state index is 11.5. The first-order valence-electron chi connectivity index (χ1n) is 29.7. The lowest BCUT2D eigenvalue weighted by atomic mass is 9.86. The van der Waals surface area contributed by atoms with Crippen LogP contribution in [0.5, 0.6) is 0 Å². The molecule has 5 atom stereocenters. The molecule has 1 heterocycles. The number of imidazole rings is 1. The second-order valence-corrected chi connectivity index (χ2v) is 22.5. The van der Waals surface area contributed by atoms with E-state index in [0.29, 0.717) is 36.9 Å². The van der Waals surface area contributed by atoms with Crippen LogP contribution in [0.25, 0.3) is 0 Å². The fourth-order valence-corrected chi connectivity index (χ4v) is 11.2. The van der Waals surface area contributed by atoms with E-state index in [9.17, 15) is 14.4 Å². The molecule has 5 aliphatic carbocycles. The Morgan fingerprint density at radius 2 is 0.975 bits per heavy atom. The van der Waals surface area contributed by atoms with Gasteiger partial charge in [-0.3, -0.25) is 0 Å². The van der Waals surface area contributed by atoms with E-state index in [4.69, 9.17) is 24.1 Å². The van der Waals surface area contributed by atoms with Crippen LogP contribution in [0.15, 0.2) is 160 Å². The van der Waals surface area contributed by atoms with Crippen LogP contribution in [0.3, 0.4) is 0 Å². The largest absolute Gasteiger partial charge is 0.466 e. The van der Waals surface area contributed by atoms with Gasteiger partial charge in [-0.2, -0.15) is 0 Å². The minimum atomic E-state index is -0.181. The number of allylic oxidation sites excluding steroid dienone is 8. The number of aromatic nitrogens is 2. The number of hydrogen-bond acceptors (Lipinski definition) is 8. The maximum absolute atomic E-state index is 11.5. The summed E-state index contributed by atoms with van der Waals surface area (Å²) in [5.41, 5.74) is 11.2. The first kappa shape index (κ1) is 64.2. The Balaban J connectivity index is 0.000000184. The molecule has 10 nitrogen and oxygen atoms in total. The Labute approximate surface area is 474 Å². The third kappa shape index (κ3) is 27.9. The van der Waals surface area contributed by atoms with Crippen LogP contribution in [0.1, 0.15) is 165 Å². The van der Waals surface area contributed by atoms with Gasteiger partial charge in [0.2, 0.25) is 0 Å². The van der Waals surface area contributed by atoms with Crippen molar-refractivity contribution in [3.8, 4) is 0 Å². The number of aromatic amines is 2. The zero-order chi connectivity index (χ0) is 56.1. The minimum Gasteiger partial charge on any atom is -0.466 e. The van der Waals surface area contributed by atoms with Gasteiger partial charge in [-0.05, 0) is 195 Å². The van der Waals surface area contributed by atoms with Crippen molar-refractivity contribution in [1.82, 2.24) is 9.97 Å². The van der Waals surface area contributed by atoms with Gasteiger partial charge in [0.15, 0.2) is 0 Å². The van der Waals surface area contributed by atoms with Crippen LogP contribution < -0.4 is 5.69 Å². The van der Waals surface area contributed by atoms with E-state index >= 15 is 0 Å². The van der Waals surface area contributed by atoms with Crippen molar-refractivity contribution in [3.63, 3.8) is 0 Å². The molecule has 3 N–H and O–H groups in total. The number of aldehydes is 1. The number of rotatable bonds is 21. The Kier molecular flexibility index (Phi) is 31.6. The minimum absolute atomic E-state index is 0.0944. The molecule has 4 aromatic rings. The van der Waals surface area contributed by atoms with Gasteiger partial charge >= 0.3 is 11.7 Å². The number of nitrogens with one attached hydrogen (secondary N) is 2. The summed E-state index contributed by atoms with van der Waals surface area (Å²) >= 11 is 0. The van der Waals surface area contributed by atoms with E-state index < -0.39 is 0 Å². The van der Waals surface area contributed by atoms with Crippen molar-refractivity contribution >= 4 is 12.3 Å². The zero-order valence-corrected chi connectivity index (χ0v) is 48.5. The summed E-state index contributed by atoms with van der Waals surface area (Å²) in [6.07, 6.45) is 36.3. The number of carbonyl (C=O) groups excluding carboxylic acids is 2. The van der Waals surface area contributed by atoms with E-state index in [2.05, 4.69) is 104 Å². The molecule has 0 amide bonds. The highest BCUT2D eigenvalue weighted by Crippen LogP contribution is 2.30. The van der Waals surface area contributed by atoms with Crippen molar-refractivity contribution in [2.24, 2.45) is 29.6 Å². The fourth-order valence-electron chi connectivity index (χ4n) is 11.2. The molecule has 0 bridgehead atoms. The molecule has 0 saturated heterocycles. The normalized spacial score (nSPS) is 20.6. The van der Waals surface area contributed by atoms with Crippen LogP contribution in [-0.2, 0) is 54.8 Å². The second-order valence-electron chi connectivity index (χ2n) is 22.5. The average molecular weight is 1080 g/mol. The van der Waals surface area contributed by atoms with Crippen LogP contribution >= 0.6 is 0 Å². The van der Waals surface area contributed by atoms with Gasteiger partial charge in [0.25, 0.3) is 0 Å². The number of carbonyl (C=O) groups is 2. The van der Waals surface area contributed by atoms with Crippen molar-refractivity contribution in [2.45, 2.75) is 169 Å². The average Bonchev–Trinajstić information content (AvgIpc) is 3.89. The fraction of sp³-hybridized carbons (Fsp3) is 0.522. The molecule has 5 aliphatic rings. The van der Waals surface area contributed by atoms with Gasteiger partial charge in [-0.15, -0.1) is 0 Å². The van der Waals surface area contributed by atoms with Gasteiger partial charge in [-0.1, -0.05) is 138 Å². The Morgan fingerprint density at radius 1 is 0.557 bits per heavy atom. The predicted octanol–water partition coefficient (Wildman–Crippen LogP) is 15.5. The van der Waals surface area contributed by atoms with E-state index in [-0.39, 0.29) is 18.3 Å². The highest BCUT2D eigenvalue weighted by Gasteiger charge is 2.21. The van der Waals surface area contributed by atoms with Crippen molar-refractivity contribution in [2.75, 3.05) is 33.5 Å². The Hall–Kier alpha value is -5.65. The summed E-state index contributed by atoms with van der Waals surface area (Å²) in [5.74, 6) is 3.22. The third-order valence-electron chi connectivity index (χ3n) is 15.7. The van der Waals surface area contributed by atoms with Crippen LogP contribution in [-0.4, -0.2) is 60.9 Å². The summed E-state index contributed by atoms with van der Waals surface area (Å²) in [7, 11) is 1.44. The molecule has 430 valence electrons. The van der Waals surface area contributed by atoms with E-state index in [1.807, 2.05) is 48.5 Å². The van der Waals surface area contributed by atoms with E-state index in [1.54, 1.807) is 11.8 Å². The molecular weight excluding hydrogens is 985 g/mol. The number of hydrogen-bond donors (Lipinski definition) is 3. The molecule has 0 spiro atoms. The number of benzene rings is 3. The van der Waals surface area contributed by atoms with E-state index in [1.165, 1.54) is 105 Å². The van der Waals surface area contributed by atoms with Gasteiger partial charge in [-0.25, -0.2) is 9.59 Å². The molecule has 9 rings (SSSR count). The summed E-state index contributed by atoms with van der Waals surface area (Å²) in [6.45, 7) is 11.4. The number of aliphatic hydroxyl groups is 1. The van der Waals surface area contributed by atoms with Gasteiger partial charge in [0.1, 0.15) is 6.29 Å². The number of H-pyrrole nitrogens is 2. The van der Waals surface area contributed by atoms with Crippen LogP contribution in [0.2, 0.25) is 0 Å². The number of ether oxygens (including phenoxy) is 4. The molecule has 3 aromatic carbocycles. The lowest BCUT2D eigenvalue weighted by Crippen LogP contribution is -2.15. The van der Waals surface area contributed by atoms with Gasteiger partial charge in [0, 0.05) is 43.7 Å². The summed E-state index contributed by atoms with van der Waals surface area (Å²) < 4.78 is 21.9. The van der Waals surface area contributed by atoms with E-state index in [0.717, 1.165) is 114 Å². The van der Waals surface area contributed by atoms with Crippen molar-refractivity contribution in [3.05, 3.63) is 188 Å². The van der Waals surface area contributed by atoms with Crippen molar-refractivity contribution < 1.29 is 33.6 Å². The highest BCUT2D eigenvalue weighted by atomic mass is 16.5. The first-order valence-corrected chi connectivity index (χ1v) is 29.7. The van der Waals surface area contributed by atoms with Crippen molar-refractivity contribution in [1.29, 1.82) is 0 Å². The quantitative estimate of drug-likeness (QED) is 0.0324. The molecule has 1 aromatic heterocycles. The number of methoxy groups -OCH3 is 1. The summed E-state index contributed by atoms with van der Waals surface area (Å²) in [6, 6.07) is 30.9. The molecule has 0 aliphatic heterocycles. The highest BCUT2D eigenvalue weighted by molar-refractivity contribution is 5.88. The van der Waals surface area contributed by atoms with Gasteiger partial charge < -0.3 is 38.8 Å². The lowest BCUT2D eigenvalue weighted by Gasteiger charge is -2.21. The Morgan fingerprint density at radius 3 is 1.42 bits per heavy atom. The molecule has 0 fully saturated rings. The predicted molar refractivity (Wildman–Crippen MR) is 321 cm³/mol. The smallest absolute Gasteiger partial charge is 0.333 e. The summed E-state index contributed by atoms with van der Waals surface area (Å²) in [5, 5.41) is 9.13. The van der Waals surface area contributed by atoms with Gasteiger partial charge in [0.05, 0.1) is 33.5 Å². The van der Waals surface area contributed by atoms with Crippen LogP contribution in [0.4, 0.5) is 0 Å².